The number of para-hydroxylation sites is 1. The van der Waals surface area contributed by atoms with E-state index in [0.29, 0.717) is 23.6 Å². The van der Waals surface area contributed by atoms with Gasteiger partial charge in [0.15, 0.2) is 6.10 Å². The molecule has 1 N–H and O–H groups in total. The number of ether oxygens (including phenoxy) is 1. The average Bonchev–Trinajstić information content (AvgIpc) is 2.57. The van der Waals surface area contributed by atoms with Gasteiger partial charge in [-0.25, -0.2) is 4.39 Å². The van der Waals surface area contributed by atoms with E-state index in [1.807, 2.05) is 36.4 Å². The van der Waals surface area contributed by atoms with Gasteiger partial charge in [-0.2, -0.15) is 11.8 Å². The summed E-state index contributed by atoms with van der Waals surface area (Å²) in [4.78, 5) is 11.9. The van der Waals surface area contributed by atoms with Crippen molar-refractivity contribution in [2.24, 2.45) is 0 Å². The average molecular weight is 333 g/mol. The number of hydrogen-bond donors (Lipinski definition) is 1. The van der Waals surface area contributed by atoms with E-state index in [0.717, 1.165) is 5.75 Å². The van der Waals surface area contributed by atoms with E-state index in [1.165, 1.54) is 6.07 Å². The lowest BCUT2D eigenvalue weighted by Crippen LogP contribution is -2.37. The van der Waals surface area contributed by atoms with Gasteiger partial charge in [-0.3, -0.25) is 4.79 Å². The van der Waals surface area contributed by atoms with Gasteiger partial charge >= 0.3 is 0 Å². The second-order valence-corrected chi connectivity index (χ2v) is 6.11. The van der Waals surface area contributed by atoms with Crippen molar-refractivity contribution in [2.75, 3.05) is 12.3 Å². The van der Waals surface area contributed by atoms with Crippen LogP contribution in [-0.4, -0.2) is 24.3 Å². The lowest BCUT2D eigenvalue weighted by atomic mass is 10.2. The summed E-state index contributed by atoms with van der Waals surface area (Å²) < 4.78 is 19.0. The minimum Gasteiger partial charge on any atom is -0.481 e. The van der Waals surface area contributed by atoms with Crippen molar-refractivity contribution >= 4 is 17.7 Å². The van der Waals surface area contributed by atoms with Gasteiger partial charge < -0.3 is 10.1 Å². The van der Waals surface area contributed by atoms with Crippen LogP contribution in [0.4, 0.5) is 4.39 Å². The molecule has 0 unspecified atom stereocenters. The first-order chi connectivity index (χ1) is 11.2. The molecule has 0 fully saturated rings. The molecule has 1 amide bonds. The number of nitrogens with one attached hydrogen (secondary N) is 1. The third-order valence-corrected chi connectivity index (χ3v) is 4.19. The molecular weight excluding hydrogens is 313 g/mol. The molecule has 23 heavy (non-hydrogen) atoms. The van der Waals surface area contributed by atoms with Gasteiger partial charge in [0.1, 0.15) is 11.6 Å². The molecule has 3 nitrogen and oxygen atoms in total. The molecule has 2 aromatic carbocycles. The Balaban J connectivity index is 1.64. The molecule has 0 saturated heterocycles. The maximum absolute atomic E-state index is 13.4. The minimum atomic E-state index is -0.547. The number of hydrogen-bond acceptors (Lipinski definition) is 3. The predicted molar refractivity (Wildman–Crippen MR) is 92.1 cm³/mol. The van der Waals surface area contributed by atoms with Gasteiger partial charge in [-0.1, -0.05) is 36.4 Å². The van der Waals surface area contributed by atoms with Crippen LogP contribution in [0.15, 0.2) is 54.6 Å². The Morgan fingerprint density at radius 1 is 1.17 bits per heavy atom. The van der Waals surface area contributed by atoms with Crippen LogP contribution in [0, 0.1) is 5.82 Å². The summed E-state index contributed by atoms with van der Waals surface area (Å²) in [5.41, 5.74) is 0.685. The molecular formula is C18H20FNO2S. The van der Waals surface area contributed by atoms with E-state index in [1.54, 1.807) is 30.8 Å². The van der Waals surface area contributed by atoms with Gasteiger partial charge in [0.2, 0.25) is 0 Å². The molecule has 0 aliphatic rings. The number of amides is 1. The van der Waals surface area contributed by atoms with Crippen LogP contribution in [0.3, 0.4) is 0 Å². The van der Waals surface area contributed by atoms with Gasteiger partial charge in [0, 0.05) is 18.1 Å². The maximum atomic E-state index is 13.4. The third kappa shape index (κ3) is 5.94. The zero-order valence-corrected chi connectivity index (χ0v) is 13.8. The summed E-state index contributed by atoms with van der Waals surface area (Å²) in [6.07, 6.45) is -0.547. The molecule has 122 valence electrons. The van der Waals surface area contributed by atoms with Crippen molar-refractivity contribution in [3.05, 3.63) is 66.0 Å². The van der Waals surface area contributed by atoms with Crippen LogP contribution in [0.2, 0.25) is 0 Å². The Morgan fingerprint density at radius 2 is 1.87 bits per heavy atom. The van der Waals surface area contributed by atoms with E-state index in [9.17, 15) is 9.18 Å². The molecule has 0 heterocycles. The van der Waals surface area contributed by atoms with E-state index in [2.05, 4.69) is 5.32 Å². The topological polar surface area (TPSA) is 38.3 Å². The molecule has 1 atom stereocenters. The normalized spacial score (nSPS) is 11.7. The number of benzene rings is 2. The summed E-state index contributed by atoms with van der Waals surface area (Å²) in [7, 11) is 0. The Morgan fingerprint density at radius 3 is 2.61 bits per heavy atom. The molecule has 0 saturated carbocycles. The minimum absolute atomic E-state index is 0.152. The zero-order chi connectivity index (χ0) is 16.5. The lowest BCUT2D eigenvalue weighted by molar-refractivity contribution is -0.127. The SMILES string of the molecule is C[C@@H](Oc1ccccc1)C(=O)NCCSCc1ccccc1F. The van der Waals surface area contributed by atoms with Crippen LogP contribution in [-0.2, 0) is 10.5 Å². The highest BCUT2D eigenvalue weighted by atomic mass is 32.2. The fourth-order valence-corrected chi connectivity index (χ4v) is 2.79. The predicted octanol–water partition coefficient (Wildman–Crippen LogP) is 3.64. The molecule has 0 bridgehead atoms. The van der Waals surface area contributed by atoms with Crippen molar-refractivity contribution in [1.82, 2.24) is 5.32 Å². The number of thioether (sulfide) groups is 1. The Bertz CT molecular complexity index is 621. The Kier molecular flexibility index (Phi) is 6.94. The van der Waals surface area contributed by atoms with E-state index in [4.69, 9.17) is 4.74 Å². The molecule has 0 aromatic heterocycles. The molecule has 5 heteroatoms. The fraction of sp³-hybridized carbons (Fsp3) is 0.278. The van der Waals surface area contributed by atoms with Gasteiger partial charge in [-0.15, -0.1) is 0 Å². The third-order valence-electron chi connectivity index (χ3n) is 3.19. The Hall–Kier alpha value is -2.01. The van der Waals surface area contributed by atoms with Crippen molar-refractivity contribution in [3.63, 3.8) is 0 Å². The molecule has 2 aromatic rings. The van der Waals surface area contributed by atoms with E-state index >= 15 is 0 Å². The van der Waals surface area contributed by atoms with E-state index < -0.39 is 6.10 Å². The first-order valence-corrected chi connectivity index (χ1v) is 8.63. The number of rotatable bonds is 8. The highest BCUT2D eigenvalue weighted by Crippen LogP contribution is 2.15. The Labute approximate surface area is 140 Å². The van der Waals surface area contributed by atoms with Crippen LogP contribution >= 0.6 is 11.8 Å². The first-order valence-electron chi connectivity index (χ1n) is 7.47. The number of carbonyl (C=O) groups excluding carboxylic acids is 1. The lowest BCUT2D eigenvalue weighted by Gasteiger charge is -2.14. The second kappa shape index (κ2) is 9.20. The van der Waals surface area contributed by atoms with Crippen molar-refractivity contribution < 1.29 is 13.9 Å². The maximum Gasteiger partial charge on any atom is 0.260 e. The summed E-state index contributed by atoms with van der Waals surface area (Å²) >= 11 is 1.58. The standard InChI is InChI=1S/C18H20FNO2S/c1-14(22-16-8-3-2-4-9-16)18(21)20-11-12-23-13-15-7-5-6-10-17(15)19/h2-10,14H,11-13H2,1H3,(H,20,21)/t14-/m1/s1. The largest absolute Gasteiger partial charge is 0.481 e. The monoisotopic (exact) mass is 333 g/mol. The number of carbonyl (C=O) groups is 1. The van der Waals surface area contributed by atoms with Crippen molar-refractivity contribution in [3.8, 4) is 5.75 Å². The van der Waals surface area contributed by atoms with Gasteiger partial charge in [-0.05, 0) is 30.7 Å². The quantitative estimate of drug-likeness (QED) is 0.750. The van der Waals surface area contributed by atoms with E-state index in [-0.39, 0.29) is 11.7 Å². The smallest absolute Gasteiger partial charge is 0.260 e. The summed E-state index contributed by atoms with van der Waals surface area (Å²) in [6.45, 7) is 2.25. The van der Waals surface area contributed by atoms with Crippen LogP contribution in [0.1, 0.15) is 12.5 Å². The zero-order valence-electron chi connectivity index (χ0n) is 13.0. The highest BCUT2D eigenvalue weighted by Gasteiger charge is 2.13. The van der Waals surface area contributed by atoms with Gasteiger partial charge in [0.25, 0.3) is 5.91 Å². The molecule has 0 spiro atoms. The second-order valence-electron chi connectivity index (χ2n) is 5.01. The highest BCUT2D eigenvalue weighted by molar-refractivity contribution is 7.98. The fourth-order valence-electron chi connectivity index (χ4n) is 1.94. The van der Waals surface area contributed by atoms with Crippen molar-refractivity contribution in [2.45, 2.75) is 18.8 Å². The summed E-state index contributed by atoms with van der Waals surface area (Å²) in [5.74, 6) is 1.65. The van der Waals surface area contributed by atoms with Crippen molar-refractivity contribution in [1.29, 1.82) is 0 Å². The molecule has 0 aliphatic heterocycles. The van der Waals surface area contributed by atoms with Crippen LogP contribution < -0.4 is 10.1 Å². The molecule has 0 radical (unpaired) electrons. The first kappa shape index (κ1) is 17.3. The molecule has 2 rings (SSSR count). The van der Waals surface area contributed by atoms with Crippen LogP contribution in [0.25, 0.3) is 0 Å². The van der Waals surface area contributed by atoms with Gasteiger partial charge in [0.05, 0.1) is 0 Å². The summed E-state index contributed by atoms with van der Waals surface area (Å²) in [6, 6.07) is 16.0. The number of halogens is 1. The molecule has 0 aliphatic carbocycles. The summed E-state index contributed by atoms with van der Waals surface area (Å²) in [5, 5.41) is 2.83. The van der Waals surface area contributed by atoms with Crippen LogP contribution in [0.5, 0.6) is 5.75 Å².